The Morgan fingerprint density at radius 3 is 1.02 bits per heavy atom. The van der Waals surface area contributed by atoms with Crippen LogP contribution in [0.4, 0.5) is 0 Å². The zero-order valence-electron chi connectivity index (χ0n) is 27.8. The van der Waals surface area contributed by atoms with Gasteiger partial charge in [-0.2, -0.15) is 45.5 Å². The van der Waals surface area contributed by atoms with Gasteiger partial charge in [0.25, 0.3) is 0 Å². The van der Waals surface area contributed by atoms with E-state index in [4.69, 9.17) is 0 Å². The molecule has 40 heavy (non-hydrogen) atoms. The molecule has 0 radical (unpaired) electrons. The van der Waals surface area contributed by atoms with Crippen LogP contribution < -0.4 is 24.8 Å². The van der Waals surface area contributed by atoms with Crippen LogP contribution in [0.3, 0.4) is 0 Å². The van der Waals surface area contributed by atoms with Crippen molar-refractivity contribution in [3.05, 3.63) is 57.6 Å². The van der Waals surface area contributed by atoms with E-state index in [-0.39, 0.29) is 30.2 Å². The van der Waals surface area contributed by atoms with Crippen molar-refractivity contribution < 1.29 is 48.1 Å². The summed E-state index contributed by atoms with van der Waals surface area (Å²) in [7, 11) is 0. The minimum Gasteiger partial charge on any atom is -1.00 e. The SMILES string of the molecule is CCCCc1cc(CCCC)c(CCCC)[cH-]1.CCCCc1cc(CCCC)c(CCCC)[cH-]1.C[Si](C)=[Zr+2].[Cl-].[Cl-]. The van der Waals surface area contributed by atoms with E-state index in [1.165, 1.54) is 116 Å². The molecule has 0 saturated carbocycles. The molecule has 232 valence electrons. The third kappa shape index (κ3) is 22.9. The molecule has 0 aliphatic rings. The van der Waals surface area contributed by atoms with Crippen molar-refractivity contribution in [3.63, 3.8) is 0 Å². The Labute approximate surface area is 279 Å². The molecule has 0 atom stereocenters. The zero-order chi connectivity index (χ0) is 28.6. The molecule has 2 aromatic carbocycles. The summed E-state index contributed by atoms with van der Waals surface area (Å²) < 4.78 is 0. The second-order valence-corrected chi connectivity index (χ2v) is 20.8. The number of halogens is 2. The number of rotatable bonds is 18. The van der Waals surface area contributed by atoms with Crippen molar-refractivity contribution >= 4 is 5.43 Å². The topological polar surface area (TPSA) is 0 Å². The fraction of sp³-hybridized carbons (Fsp3) is 0.722. The molecule has 0 amide bonds. The molecular weight excluding hydrogens is 623 g/mol. The number of unbranched alkanes of at least 4 members (excludes halogenated alkanes) is 6. The molecule has 0 unspecified atom stereocenters. The van der Waals surface area contributed by atoms with Crippen LogP contribution in [-0.4, -0.2) is 5.43 Å². The molecule has 4 heteroatoms. The fourth-order valence-electron chi connectivity index (χ4n) is 4.80. The average molecular weight is 687 g/mol. The van der Waals surface area contributed by atoms with Crippen LogP contribution in [0.1, 0.15) is 152 Å². The molecule has 0 nitrogen and oxygen atoms in total. The normalized spacial score (nSPS) is 10.1. The Kier molecular flexibility index (Phi) is 34.5. The Hall–Kier alpha value is 0.380. The van der Waals surface area contributed by atoms with E-state index < -0.39 is 0 Å². The first-order valence-corrected chi connectivity index (χ1v) is 22.6. The van der Waals surface area contributed by atoms with Gasteiger partial charge < -0.3 is 24.8 Å². The molecule has 0 heterocycles. The first kappa shape index (κ1) is 44.8. The quantitative estimate of drug-likeness (QED) is 0.140. The maximum Gasteiger partial charge on any atom is -1.00 e. The van der Waals surface area contributed by atoms with E-state index in [1.54, 1.807) is 56.7 Å². The van der Waals surface area contributed by atoms with E-state index in [9.17, 15) is 0 Å². The smallest absolute Gasteiger partial charge is 1.00 e. The van der Waals surface area contributed by atoms with Crippen LogP contribution >= 0.6 is 0 Å². The molecule has 0 aliphatic carbocycles. The standard InChI is InChI=1S/2C17H29.C2H6Si.2ClH.Zr/c2*1-4-7-10-15-13-16(11-8-5-2)17(14-15)12-9-6-3;1-3-2;;;/h2*13-14H,4-12H2,1-3H3;1-2H3;2*1H;/q2*-1;;;;+2/p-2. The van der Waals surface area contributed by atoms with Crippen molar-refractivity contribution in [1.82, 2.24) is 0 Å². The maximum absolute atomic E-state index is 2.48. The van der Waals surface area contributed by atoms with Gasteiger partial charge in [0, 0.05) is 0 Å². The van der Waals surface area contributed by atoms with Gasteiger partial charge in [-0.3, -0.25) is 0 Å². The Morgan fingerprint density at radius 1 is 0.500 bits per heavy atom. The summed E-state index contributed by atoms with van der Waals surface area (Å²) in [5, 5.41) is 0. The third-order valence-corrected chi connectivity index (χ3v) is 7.10. The number of hydrogen-bond acceptors (Lipinski definition) is 0. The summed E-state index contributed by atoms with van der Waals surface area (Å²) in [6, 6.07) is 9.93. The van der Waals surface area contributed by atoms with Crippen molar-refractivity contribution in [1.29, 1.82) is 0 Å². The maximum atomic E-state index is 2.48. The second kappa shape index (κ2) is 30.8. The van der Waals surface area contributed by atoms with Crippen LogP contribution in [0.2, 0.25) is 13.1 Å². The van der Waals surface area contributed by atoms with Crippen LogP contribution in [0, 0.1) is 0 Å². The van der Waals surface area contributed by atoms with Crippen molar-refractivity contribution in [2.24, 2.45) is 0 Å². The molecule has 0 spiro atoms. The van der Waals surface area contributed by atoms with Gasteiger partial charge in [-0.05, 0) is 0 Å². The van der Waals surface area contributed by atoms with Gasteiger partial charge in [-0.1, -0.05) is 157 Å². The molecular formula is C36H64Cl2SiZr-2. The minimum atomic E-state index is 0. The van der Waals surface area contributed by atoms with Gasteiger partial charge in [-0.15, -0.1) is 0 Å². The Morgan fingerprint density at radius 2 is 0.750 bits per heavy atom. The third-order valence-electron chi connectivity index (χ3n) is 7.10. The van der Waals surface area contributed by atoms with Crippen molar-refractivity contribution in [2.75, 3.05) is 0 Å². The second-order valence-electron chi connectivity index (χ2n) is 11.4. The minimum absolute atomic E-state index is 0. The summed E-state index contributed by atoms with van der Waals surface area (Å²) in [6.45, 7) is 18.3. The molecule has 0 saturated heterocycles. The van der Waals surface area contributed by atoms with Gasteiger partial charge in [0.15, 0.2) is 0 Å². The van der Waals surface area contributed by atoms with E-state index in [2.05, 4.69) is 78.9 Å². The molecule has 0 aliphatic heterocycles. The first-order valence-electron chi connectivity index (χ1n) is 16.4. The first-order chi connectivity index (χ1) is 18.4. The molecule has 0 fully saturated rings. The van der Waals surface area contributed by atoms with Crippen LogP contribution in [-0.2, 0) is 61.9 Å². The van der Waals surface area contributed by atoms with Gasteiger partial charge in [0.1, 0.15) is 0 Å². The van der Waals surface area contributed by atoms with Gasteiger partial charge >= 0.3 is 41.9 Å². The summed E-state index contributed by atoms with van der Waals surface area (Å²) in [4.78, 5) is 0. The Balaban J connectivity index is -0.000000578. The number of aryl methyl sites for hydroxylation is 6. The number of hydrogen-bond donors (Lipinski definition) is 0. The average Bonchev–Trinajstić information content (AvgIpc) is 3.48. The van der Waals surface area contributed by atoms with Gasteiger partial charge in [-0.25, -0.2) is 12.1 Å². The van der Waals surface area contributed by atoms with Gasteiger partial charge in [0.05, 0.1) is 0 Å². The molecule has 0 aromatic heterocycles. The fourth-order valence-corrected chi connectivity index (χ4v) is 4.80. The van der Waals surface area contributed by atoms with E-state index in [0.29, 0.717) is 0 Å². The van der Waals surface area contributed by atoms with E-state index in [1.807, 2.05) is 0 Å². The molecule has 2 aromatic rings. The summed E-state index contributed by atoms with van der Waals surface area (Å²) in [5.41, 5.74) is 9.96. The molecule has 2 rings (SSSR count). The molecule has 0 bridgehead atoms. The van der Waals surface area contributed by atoms with Crippen molar-refractivity contribution in [3.8, 4) is 0 Å². The summed E-state index contributed by atoms with van der Waals surface area (Å²) in [5.74, 6) is 0. The monoisotopic (exact) mass is 684 g/mol. The largest absolute Gasteiger partial charge is 1.00 e. The predicted molar refractivity (Wildman–Crippen MR) is 173 cm³/mol. The van der Waals surface area contributed by atoms with Crippen LogP contribution in [0.5, 0.6) is 0 Å². The Bertz CT molecular complexity index is 704. The molecule has 0 N–H and O–H groups in total. The van der Waals surface area contributed by atoms with E-state index >= 15 is 0 Å². The van der Waals surface area contributed by atoms with Crippen molar-refractivity contribution in [2.45, 2.75) is 170 Å². The van der Waals surface area contributed by atoms with E-state index in [0.717, 1.165) is 0 Å². The van der Waals surface area contributed by atoms with Gasteiger partial charge in [0.2, 0.25) is 0 Å². The summed E-state index contributed by atoms with van der Waals surface area (Å²) in [6.07, 6.45) is 23.6. The zero-order valence-corrected chi connectivity index (χ0v) is 32.8. The summed E-state index contributed by atoms with van der Waals surface area (Å²) >= 11 is 1.74. The van der Waals surface area contributed by atoms with Crippen LogP contribution in [0.25, 0.3) is 0 Å². The van der Waals surface area contributed by atoms with Crippen LogP contribution in [0.15, 0.2) is 24.3 Å². The predicted octanol–water partition coefficient (Wildman–Crippen LogP) is 5.66.